The highest BCUT2D eigenvalue weighted by Gasteiger charge is 2.07. The van der Waals surface area contributed by atoms with Crippen molar-refractivity contribution in [2.75, 3.05) is 0 Å². The molecule has 1 nitrogen and oxygen atoms in total. The first-order valence-electron chi connectivity index (χ1n) is 3.86. The van der Waals surface area contributed by atoms with Crippen LogP contribution in [-0.2, 0) is 0 Å². The van der Waals surface area contributed by atoms with Gasteiger partial charge in [0.05, 0.1) is 6.10 Å². The highest BCUT2D eigenvalue weighted by atomic mass is 79.9. The molecule has 0 spiro atoms. The van der Waals surface area contributed by atoms with Gasteiger partial charge in [0.15, 0.2) is 0 Å². The molecule has 0 radical (unpaired) electrons. The molecule has 70 valence electrons. The first-order chi connectivity index (χ1) is 6.09. The summed E-state index contributed by atoms with van der Waals surface area (Å²) in [6.07, 6.45) is -0.182. The number of benzene rings is 1. The molecular formula is C10H10BrFO. The molecule has 0 saturated heterocycles. The average molecular weight is 245 g/mol. The zero-order chi connectivity index (χ0) is 9.84. The van der Waals surface area contributed by atoms with E-state index >= 15 is 0 Å². The Morgan fingerprint density at radius 3 is 2.46 bits per heavy atom. The first kappa shape index (κ1) is 10.4. The Bertz CT molecular complexity index is 294. The lowest BCUT2D eigenvalue weighted by atomic mass is 10.1. The van der Waals surface area contributed by atoms with Crippen LogP contribution < -0.4 is 0 Å². The summed E-state index contributed by atoms with van der Waals surface area (Å²) < 4.78 is 13.2. The molecule has 0 saturated carbocycles. The minimum atomic E-state index is -0.618. The van der Waals surface area contributed by atoms with E-state index in [0.717, 1.165) is 4.48 Å². The Balaban J connectivity index is 2.71. The molecule has 13 heavy (non-hydrogen) atoms. The largest absolute Gasteiger partial charge is 0.388 e. The topological polar surface area (TPSA) is 20.2 Å². The van der Waals surface area contributed by atoms with E-state index < -0.39 is 6.10 Å². The summed E-state index contributed by atoms with van der Waals surface area (Å²) in [5.74, 6) is -0.298. The van der Waals surface area contributed by atoms with Gasteiger partial charge in [-0.3, -0.25) is 0 Å². The molecular weight excluding hydrogens is 235 g/mol. The van der Waals surface area contributed by atoms with E-state index in [2.05, 4.69) is 22.5 Å². The van der Waals surface area contributed by atoms with Crippen LogP contribution >= 0.6 is 15.9 Å². The SMILES string of the molecule is C=C(Br)CC(O)c1ccc(F)cc1. The predicted octanol–water partition coefficient (Wildman–Crippen LogP) is 3.16. The fourth-order valence-corrected chi connectivity index (χ4v) is 1.32. The monoisotopic (exact) mass is 244 g/mol. The van der Waals surface area contributed by atoms with Crippen LogP contribution in [0.25, 0.3) is 0 Å². The molecule has 0 aliphatic carbocycles. The number of aliphatic hydroxyl groups excluding tert-OH is 1. The van der Waals surface area contributed by atoms with Crippen molar-refractivity contribution in [2.24, 2.45) is 0 Å². The second-order valence-corrected chi connectivity index (χ2v) is 3.91. The van der Waals surface area contributed by atoms with E-state index in [0.29, 0.717) is 12.0 Å². The van der Waals surface area contributed by atoms with Gasteiger partial charge in [0.1, 0.15) is 5.82 Å². The van der Waals surface area contributed by atoms with Gasteiger partial charge in [-0.15, -0.1) is 0 Å². The van der Waals surface area contributed by atoms with E-state index in [1.807, 2.05) is 0 Å². The Morgan fingerprint density at radius 1 is 1.46 bits per heavy atom. The molecule has 0 fully saturated rings. The summed E-state index contributed by atoms with van der Waals surface area (Å²) in [5.41, 5.74) is 0.696. The lowest BCUT2D eigenvalue weighted by Gasteiger charge is -2.09. The molecule has 1 N–H and O–H groups in total. The summed E-state index contributed by atoms with van der Waals surface area (Å²) in [7, 11) is 0. The Labute approximate surface area is 85.0 Å². The molecule has 1 rings (SSSR count). The average Bonchev–Trinajstić information content (AvgIpc) is 2.04. The molecule has 0 amide bonds. The Hall–Kier alpha value is -0.670. The van der Waals surface area contributed by atoms with Crippen molar-refractivity contribution in [1.29, 1.82) is 0 Å². The fraction of sp³-hybridized carbons (Fsp3) is 0.200. The van der Waals surface area contributed by atoms with Crippen LogP contribution in [0.4, 0.5) is 4.39 Å². The fourth-order valence-electron chi connectivity index (χ4n) is 1.01. The predicted molar refractivity (Wildman–Crippen MR) is 54.0 cm³/mol. The van der Waals surface area contributed by atoms with E-state index in [1.165, 1.54) is 12.1 Å². The van der Waals surface area contributed by atoms with Crippen molar-refractivity contribution in [3.8, 4) is 0 Å². The van der Waals surface area contributed by atoms with Crippen LogP contribution in [0.5, 0.6) is 0 Å². The molecule has 1 unspecified atom stereocenters. The van der Waals surface area contributed by atoms with E-state index in [4.69, 9.17) is 0 Å². The van der Waals surface area contributed by atoms with Crippen LogP contribution in [-0.4, -0.2) is 5.11 Å². The second-order valence-electron chi connectivity index (χ2n) is 2.79. The zero-order valence-corrected chi connectivity index (χ0v) is 8.59. The minimum Gasteiger partial charge on any atom is -0.388 e. The van der Waals surface area contributed by atoms with Crippen molar-refractivity contribution < 1.29 is 9.50 Å². The van der Waals surface area contributed by atoms with Crippen molar-refractivity contribution >= 4 is 15.9 Å². The number of aliphatic hydroxyl groups is 1. The van der Waals surface area contributed by atoms with Gasteiger partial charge in [-0.1, -0.05) is 34.6 Å². The number of rotatable bonds is 3. The third-order valence-corrected chi connectivity index (χ3v) is 1.99. The van der Waals surface area contributed by atoms with Crippen LogP contribution in [0, 0.1) is 5.82 Å². The van der Waals surface area contributed by atoms with Crippen LogP contribution in [0.15, 0.2) is 35.3 Å². The zero-order valence-electron chi connectivity index (χ0n) is 7.00. The van der Waals surface area contributed by atoms with Gasteiger partial charge in [-0.05, 0) is 22.2 Å². The standard InChI is InChI=1S/C10H10BrFO/c1-7(11)6-10(13)8-2-4-9(12)5-3-8/h2-5,10,13H,1,6H2. The lowest BCUT2D eigenvalue weighted by Crippen LogP contribution is -1.96. The van der Waals surface area contributed by atoms with Crippen molar-refractivity contribution in [1.82, 2.24) is 0 Å². The molecule has 0 aliphatic rings. The molecule has 1 aromatic rings. The van der Waals surface area contributed by atoms with Crippen molar-refractivity contribution in [3.05, 3.63) is 46.7 Å². The number of halogens is 2. The lowest BCUT2D eigenvalue weighted by molar-refractivity contribution is 0.181. The minimum absolute atomic E-state index is 0.298. The molecule has 0 heterocycles. The maximum absolute atomic E-state index is 12.5. The Kier molecular flexibility index (Phi) is 3.63. The maximum Gasteiger partial charge on any atom is 0.123 e. The van der Waals surface area contributed by atoms with E-state index in [9.17, 15) is 9.50 Å². The number of hydrogen-bond acceptors (Lipinski definition) is 1. The van der Waals surface area contributed by atoms with Gasteiger partial charge in [-0.2, -0.15) is 0 Å². The van der Waals surface area contributed by atoms with Crippen molar-refractivity contribution in [2.45, 2.75) is 12.5 Å². The number of hydrogen-bond donors (Lipinski definition) is 1. The molecule has 3 heteroatoms. The smallest absolute Gasteiger partial charge is 0.123 e. The summed E-state index contributed by atoms with van der Waals surface area (Å²) in [4.78, 5) is 0. The van der Waals surface area contributed by atoms with Crippen LogP contribution in [0.3, 0.4) is 0 Å². The quantitative estimate of drug-likeness (QED) is 0.867. The van der Waals surface area contributed by atoms with Crippen molar-refractivity contribution in [3.63, 3.8) is 0 Å². The van der Waals surface area contributed by atoms with Crippen LogP contribution in [0.2, 0.25) is 0 Å². The summed E-state index contributed by atoms with van der Waals surface area (Å²) in [5, 5.41) is 9.57. The van der Waals surface area contributed by atoms with Gasteiger partial charge in [-0.25, -0.2) is 4.39 Å². The van der Waals surface area contributed by atoms with Gasteiger partial charge in [0, 0.05) is 6.42 Å². The molecule has 0 aliphatic heterocycles. The summed E-state index contributed by atoms with van der Waals surface area (Å²) in [6, 6.07) is 5.79. The van der Waals surface area contributed by atoms with Gasteiger partial charge in [0.2, 0.25) is 0 Å². The van der Waals surface area contributed by atoms with Gasteiger partial charge >= 0.3 is 0 Å². The van der Waals surface area contributed by atoms with Gasteiger partial charge in [0.25, 0.3) is 0 Å². The third kappa shape index (κ3) is 3.28. The third-order valence-electron chi connectivity index (χ3n) is 1.67. The first-order valence-corrected chi connectivity index (χ1v) is 4.65. The maximum atomic E-state index is 12.5. The van der Waals surface area contributed by atoms with E-state index in [1.54, 1.807) is 12.1 Å². The second kappa shape index (κ2) is 4.53. The molecule has 1 aromatic carbocycles. The molecule has 0 aromatic heterocycles. The highest BCUT2D eigenvalue weighted by Crippen LogP contribution is 2.22. The van der Waals surface area contributed by atoms with Crippen LogP contribution in [0.1, 0.15) is 18.1 Å². The normalized spacial score (nSPS) is 12.5. The van der Waals surface area contributed by atoms with E-state index in [-0.39, 0.29) is 5.82 Å². The summed E-state index contributed by atoms with van der Waals surface area (Å²) >= 11 is 3.16. The summed E-state index contributed by atoms with van der Waals surface area (Å²) in [6.45, 7) is 3.62. The van der Waals surface area contributed by atoms with Gasteiger partial charge < -0.3 is 5.11 Å². The molecule has 1 atom stereocenters. The highest BCUT2D eigenvalue weighted by molar-refractivity contribution is 9.11. The molecule has 0 bridgehead atoms. The Morgan fingerprint density at radius 2 is 2.00 bits per heavy atom.